The minimum atomic E-state index is -3.13. The predicted molar refractivity (Wildman–Crippen MR) is 136 cm³/mol. The smallest absolute Gasteiger partial charge is 0.336 e. The molecule has 176 valence electrons. The number of amides is 1. The fraction of sp³-hybridized carbons (Fsp3) is 0.208. The Labute approximate surface area is 207 Å². The Balaban J connectivity index is 1.37. The molecule has 7 nitrogen and oxygen atoms in total. The van der Waals surface area contributed by atoms with Crippen molar-refractivity contribution < 1.29 is 27.5 Å². The molecule has 0 aromatic heterocycles. The molecule has 2 aliphatic rings. The van der Waals surface area contributed by atoms with E-state index in [1.807, 2.05) is 12.1 Å². The molecule has 0 unspecified atom stereocenters. The lowest BCUT2D eigenvalue weighted by molar-refractivity contribution is -0.129. The number of carbonyl (C=O) groups is 2. The normalized spacial score (nSPS) is 20.9. The van der Waals surface area contributed by atoms with Gasteiger partial charge in [-0.2, -0.15) is 0 Å². The van der Waals surface area contributed by atoms with E-state index in [2.05, 4.69) is 0 Å². The van der Waals surface area contributed by atoms with Gasteiger partial charge in [-0.25, -0.2) is 13.2 Å². The van der Waals surface area contributed by atoms with Gasteiger partial charge in [0.15, 0.2) is 9.84 Å². The summed E-state index contributed by atoms with van der Waals surface area (Å²) >= 11 is 6.48. The Morgan fingerprint density at radius 2 is 1.74 bits per heavy atom. The monoisotopic (exact) mass is 515 g/mol. The van der Waals surface area contributed by atoms with Gasteiger partial charge in [-0.05, 0) is 54.0 Å². The first-order valence-corrected chi connectivity index (χ1v) is 13.4. The maximum atomic E-state index is 12.8. The number of esters is 1. The molecule has 34 heavy (non-hydrogen) atoms. The number of hydrogen-bond donors (Lipinski definition) is 0. The van der Waals surface area contributed by atoms with Crippen molar-refractivity contribution in [2.45, 2.75) is 12.5 Å². The Bertz CT molecular complexity index is 1280. The number of hydrogen-bond acceptors (Lipinski definition) is 8. The summed E-state index contributed by atoms with van der Waals surface area (Å²) in [6.07, 6.45) is 5.07. The van der Waals surface area contributed by atoms with Crippen LogP contribution in [0.2, 0.25) is 0 Å². The molecule has 4 rings (SSSR count). The van der Waals surface area contributed by atoms with E-state index in [4.69, 9.17) is 21.7 Å². The highest BCUT2D eigenvalue weighted by Crippen LogP contribution is 2.36. The van der Waals surface area contributed by atoms with Crippen LogP contribution in [0.25, 0.3) is 12.2 Å². The van der Waals surface area contributed by atoms with E-state index >= 15 is 0 Å². The van der Waals surface area contributed by atoms with E-state index < -0.39 is 21.8 Å². The van der Waals surface area contributed by atoms with Crippen molar-refractivity contribution >= 4 is 62.2 Å². The molecular formula is C24H21NO6S3. The maximum absolute atomic E-state index is 12.8. The predicted octanol–water partition coefficient (Wildman–Crippen LogP) is 3.70. The highest BCUT2D eigenvalue weighted by molar-refractivity contribution is 8.26. The van der Waals surface area contributed by atoms with E-state index in [0.717, 1.165) is 28.6 Å². The summed E-state index contributed by atoms with van der Waals surface area (Å²) in [4.78, 5) is 26.8. The zero-order valence-electron chi connectivity index (χ0n) is 18.2. The van der Waals surface area contributed by atoms with Gasteiger partial charge in [0.25, 0.3) is 5.91 Å². The van der Waals surface area contributed by atoms with Crippen LogP contribution in [0, 0.1) is 0 Å². The lowest BCUT2D eigenvalue weighted by Crippen LogP contribution is -2.39. The van der Waals surface area contributed by atoms with Gasteiger partial charge in [0.2, 0.25) is 0 Å². The van der Waals surface area contributed by atoms with Crippen LogP contribution >= 0.6 is 24.0 Å². The number of ether oxygens (including phenoxy) is 2. The number of thioether (sulfide) groups is 1. The van der Waals surface area contributed by atoms with Crippen molar-refractivity contribution in [3.8, 4) is 11.5 Å². The number of benzene rings is 2. The third-order valence-corrected chi connectivity index (χ3v) is 8.40. The molecule has 10 heteroatoms. The molecule has 0 N–H and O–H groups in total. The Morgan fingerprint density at radius 1 is 1.09 bits per heavy atom. The molecule has 2 heterocycles. The zero-order valence-corrected chi connectivity index (χ0v) is 20.6. The fourth-order valence-corrected chi connectivity index (χ4v) is 6.69. The number of methoxy groups -OCH3 is 1. The van der Waals surface area contributed by atoms with Gasteiger partial charge in [0.1, 0.15) is 15.8 Å². The summed E-state index contributed by atoms with van der Waals surface area (Å²) in [7, 11) is -1.54. The summed E-state index contributed by atoms with van der Waals surface area (Å²) in [6, 6.07) is 13.6. The van der Waals surface area contributed by atoms with Crippen molar-refractivity contribution in [2.24, 2.45) is 0 Å². The Hall–Kier alpha value is -2.95. The van der Waals surface area contributed by atoms with Crippen LogP contribution < -0.4 is 9.47 Å². The number of thiocarbonyl (C=S) groups is 1. The largest absolute Gasteiger partial charge is 0.497 e. The van der Waals surface area contributed by atoms with Crippen molar-refractivity contribution in [1.82, 2.24) is 4.90 Å². The Morgan fingerprint density at radius 3 is 2.35 bits per heavy atom. The molecule has 2 aliphatic heterocycles. The minimum absolute atomic E-state index is 0.0559. The van der Waals surface area contributed by atoms with Gasteiger partial charge in [-0.15, -0.1) is 0 Å². The number of carbonyl (C=O) groups excluding carboxylic acids is 2. The minimum Gasteiger partial charge on any atom is -0.497 e. The Kier molecular flexibility index (Phi) is 7.20. The van der Waals surface area contributed by atoms with E-state index in [1.54, 1.807) is 55.7 Å². The number of rotatable bonds is 6. The molecule has 2 aromatic carbocycles. The quantitative estimate of drug-likeness (QED) is 0.249. The van der Waals surface area contributed by atoms with Gasteiger partial charge in [0, 0.05) is 6.08 Å². The van der Waals surface area contributed by atoms with Crippen LogP contribution in [0.4, 0.5) is 0 Å². The second-order valence-corrected chi connectivity index (χ2v) is 11.6. The van der Waals surface area contributed by atoms with E-state index in [9.17, 15) is 18.0 Å². The number of sulfone groups is 1. The molecule has 1 atom stereocenters. The van der Waals surface area contributed by atoms with Gasteiger partial charge in [-0.3, -0.25) is 9.69 Å². The first kappa shape index (κ1) is 24.2. The average Bonchev–Trinajstić information content (AvgIpc) is 3.31. The lowest BCUT2D eigenvalue weighted by Gasteiger charge is -2.20. The van der Waals surface area contributed by atoms with Crippen LogP contribution in [-0.2, 0) is 19.4 Å². The van der Waals surface area contributed by atoms with Gasteiger partial charge in [0.05, 0.1) is 29.6 Å². The summed E-state index contributed by atoms with van der Waals surface area (Å²) in [6.45, 7) is 0. The van der Waals surface area contributed by atoms with E-state index in [0.29, 0.717) is 21.4 Å². The van der Waals surface area contributed by atoms with Crippen LogP contribution in [0.5, 0.6) is 11.5 Å². The highest BCUT2D eigenvalue weighted by atomic mass is 32.2. The molecular weight excluding hydrogens is 494 g/mol. The maximum Gasteiger partial charge on any atom is 0.336 e. The molecule has 0 aliphatic carbocycles. The zero-order chi connectivity index (χ0) is 24.3. The van der Waals surface area contributed by atoms with Crippen LogP contribution in [-0.4, -0.2) is 54.2 Å². The van der Waals surface area contributed by atoms with Gasteiger partial charge < -0.3 is 9.47 Å². The molecule has 1 amide bonds. The van der Waals surface area contributed by atoms with Crippen molar-refractivity contribution in [1.29, 1.82) is 0 Å². The first-order valence-electron chi connectivity index (χ1n) is 10.4. The van der Waals surface area contributed by atoms with E-state index in [1.165, 1.54) is 11.0 Å². The molecule has 0 bridgehead atoms. The SMILES string of the molecule is COc1ccc(/C=C/C(=O)Oc2ccc(/C=C3/SC(=S)N([C@H]4CCS(=O)(=O)C4)C3=O)cc2)cc1. The van der Waals surface area contributed by atoms with Crippen LogP contribution in [0.3, 0.4) is 0 Å². The second-order valence-electron chi connectivity index (χ2n) is 7.71. The van der Waals surface area contributed by atoms with Crippen molar-refractivity contribution in [3.63, 3.8) is 0 Å². The second kappa shape index (κ2) is 10.1. The summed E-state index contributed by atoms with van der Waals surface area (Å²) < 4.78 is 34.4. The van der Waals surface area contributed by atoms with Gasteiger partial charge in [-0.1, -0.05) is 48.2 Å². The summed E-state index contributed by atoms with van der Waals surface area (Å²) in [5.74, 6) is 0.314. The van der Waals surface area contributed by atoms with Crippen LogP contribution in [0.15, 0.2) is 59.5 Å². The van der Waals surface area contributed by atoms with E-state index in [-0.39, 0.29) is 17.4 Å². The van der Waals surface area contributed by atoms with Gasteiger partial charge >= 0.3 is 5.97 Å². The fourth-order valence-electron chi connectivity index (χ4n) is 3.59. The molecule has 0 spiro atoms. The highest BCUT2D eigenvalue weighted by Gasteiger charge is 2.42. The molecule has 2 fully saturated rings. The van der Waals surface area contributed by atoms with Crippen molar-refractivity contribution in [3.05, 3.63) is 70.6 Å². The summed E-state index contributed by atoms with van der Waals surface area (Å²) in [5, 5.41) is 0. The first-order chi connectivity index (χ1) is 16.2. The third-order valence-electron chi connectivity index (χ3n) is 5.32. The molecule has 0 radical (unpaired) electrons. The van der Waals surface area contributed by atoms with Crippen molar-refractivity contribution in [2.75, 3.05) is 18.6 Å². The third kappa shape index (κ3) is 5.75. The lowest BCUT2D eigenvalue weighted by atomic mass is 10.2. The number of nitrogens with zero attached hydrogens (tertiary/aromatic N) is 1. The molecule has 2 aromatic rings. The average molecular weight is 516 g/mol. The summed E-state index contributed by atoms with van der Waals surface area (Å²) in [5.41, 5.74) is 1.56. The van der Waals surface area contributed by atoms with Crippen LogP contribution in [0.1, 0.15) is 17.5 Å². The topological polar surface area (TPSA) is 90.0 Å². The standard InChI is InChI=1S/C24H21NO6S3/c1-30-19-7-2-16(3-8-19)6-11-22(26)31-20-9-4-17(5-10-20)14-21-23(27)25(24(32)33-21)18-12-13-34(28,29)15-18/h2-11,14,18H,12-13,15H2,1H3/b11-6+,21-14+/t18-/m0/s1. The molecule has 0 saturated carbocycles. The molecule has 2 saturated heterocycles.